The lowest BCUT2D eigenvalue weighted by Gasteiger charge is -2.12. The monoisotopic (exact) mass is 316 g/mol. The van der Waals surface area contributed by atoms with E-state index in [1.165, 1.54) is 6.07 Å². The van der Waals surface area contributed by atoms with Crippen LogP contribution >= 0.6 is 0 Å². The predicted molar refractivity (Wildman–Crippen MR) is 89.1 cm³/mol. The zero-order chi connectivity index (χ0) is 16.5. The second-order valence-corrected chi connectivity index (χ2v) is 4.90. The SMILES string of the molecule is CN=C(NCCc1ccccc1F)NCc1ccc(OC)nc1. The van der Waals surface area contributed by atoms with Gasteiger partial charge in [-0.2, -0.15) is 0 Å². The van der Waals surface area contributed by atoms with Crippen LogP contribution in [0.5, 0.6) is 5.88 Å². The first kappa shape index (κ1) is 16.7. The summed E-state index contributed by atoms with van der Waals surface area (Å²) >= 11 is 0. The molecule has 0 atom stereocenters. The van der Waals surface area contributed by atoms with Crippen LogP contribution in [0.25, 0.3) is 0 Å². The molecule has 122 valence electrons. The molecule has 0 saturated heterocycles. The van der Waals surface area contributed by atoms with Gasteiger partial charge in [-0.05, 0) is 23.6 Å². The van der Waals surface area contributed by atoms with E-state index in [1.807, 2.05) is 18.2 Å². The van der Waals surface area contributed by atoms with Gasteiger partial charge in [-0.25, -0.2) is 9.37 Å². The third-order valence-corrected chi connectivity index (χ3v) is 3.33. The second-order valence-electron chi connectivity index (χ2n) is 4.90. The molecule has 0 aliphatic carbocycles. The molecule has 0 radical (unpaired) electrons. The summed E-state index contributed by atoms with van der Waals surface area (Å²) in [5.41, 5.74) is 1.71. The summed E-state index contributed by atoms with van der Waals surface area (Å²) in [6.07, 6.45) is 2.34. The molecule has 0 fully saturated rings. The normalized spacial score (nSPS) is 11.2. The Balaban J connectivity index is 1.78. The van der Waals surface area contributed by atoms with E-state index in [4.69, 9.17) is 4.74 Å². The highest BCUT2D eigenvalue weighted by atomic mass is 19.1. The van der Waals surface area contributed by atoms with Gasteiger partial charge in [-0.1, -0.05) is 24.3 Å². The van der Waals surface area contributed by atoms with Crippen LogP contribution < -0.4 is 15.4 Å². The summed E-state index contributed by atoms with van der Waals surface area (Å²) in [6.45, 7) is 1.19. The van der Waals surface area contributed by atoms with Crippen LogP contribution in [0.2, 0.25) is 0 Å². The number of nitrogens with one attached hydrogen (secondary N) is 2. The molecule has 2 N–H and O–H groups in total. The highest BCUT2D eigenvalue weighted by Crippen LogP contribution is 2.07. The average molecular weight is 316 g/mol. The highest BCUT2D eigenvalue weighted by molar-refractivity contribution is 5.79. The number of pyridine rings is 1. The van der Waals surface area contributed by atoms with Gasteiger partial charge in [0.05, 0.1) is 7.11 Å². The zero-order valence-corrected chi connectivity index (χ0v) is 13.3. The quantitative estimate of drug-likeness (QED) is 0.633. The van der Waals surface area contributed by atoms with Crippen molar-refractivity contribution in [2.75, 3.05) is 20.7 Å². The van der Waals surface area contributed by atoms with Crippen molar-refractivity contribution in [3.63, 3.8) is 0 Å². The van der Waals surface area contributed by atoms with Crippen molar-refractivity contribution >= 4 is 5.96 Å². The van der Waals surface area contributed by atoms with Gasteiger partial charge >= 0.3 is 0 Å². The van der Waals surface area contributed by atoms with Gasteiger partial charge in [-0.15, -0.1) is 0 Å². The molecule has 0 amide bonds. The number of ether oxygens (including phenoxy) is 1. The third-order valence-electron chi connectivity index (χ3n) is 3.33. The molecule has 5 nitrogen and oxygen atoms in total. The summed E-state index contributed by atoms with van der Waals surface area (Å²) in [5.74, 6) is 1.07. The van der Waals surface area contributed by atoms with Crippen molar-refractivity contribution < 1.29 is 9.13 Å². The average Bonchev–Trinajstić information content (AvgIpc) is 2.60. The smallest absolute Gasteiger partial charge is 0.212 e. The molecule has 0 saturated carbocycles. The summed E-state index contributed by atoms with van der Waals surface area (Å²) < 4.78 is 18.6. The molecule has 0 spiro atoms. The molecule has 2 rings (SSSR count). The Kier molecular flexibility index (Phi) is 6.35. The fourth-order valence-corrected chi connectivity index (χ4v) is 2.06. The van der Waals surface area contributed by atoms with Gasteiger partial charge in [0.1, 0.15) is 5.82 Å². The van der Waals surface area contributed by atoms with Crippen LogP contribution in [0.1, 0.15) is 11.1 Å². The lowest BCUT2D eigenvalue weighted by molar-refractivity contribution is 0.397. The molecule has 1 aromatic carbocycles. The van der Waals surface area contributed by atoms with E-state index in [1.54, 1.807) is 32.5 Å². The van der Waals surface area contributed by atoms with E-state index in [0.717, 1.165) is 5.56 Å². The van der Waals surface area contributed by atoms with Gasteiger partial charge < -0.3 is 15.4 Å². The van der Waals surface area contributed by atoms with Gasteiger partial charge in [-0.3, -0.25) is 4.99 Å². The summed E-state index contributed by atoms with van der Waals surface area (Å²) in [6, 6.07) is 10.5. The van der Waals surface area contributed by atoms with Crippen molar-refractivity contribution in [2.45, 2.75) is 13.0 Å². The van der Waals surface area contributed by atoms with E-state index in [0.29, 0.717) is 36.9 Å². The Labute approximate surface area is 135 Å². The molecular weight excluding hydrogens is 295 g/mol. The zero-order valence-electron chi connectivity index (χ0n) is 13.3. The molecule has 0 aliphatic heterocycles. The summed E-state index contributed by atoms with van der Waals surface area (Å²) in [7, 11) is 3.28. The van der Waals surface area contributed by atoms with Gasteiger partial charge in [0.15, 0.2) is 5.96 Å². The Morgan fingerprint density at radius 2 is 2.04 bits per heavy atom. The second kappa shape index (κ2) is 8.73. The first-order valence-electron chi connectivity index (χ1n) is 7.39. The maximum Gasteiger partial charge on any atom is 0.212 e. The highest BCUT2D eigenvalue weighted by Gasteiger charge is 2.02. The Hall–Kier alpha value is -2.63. The number of nitrogens with zero attached hydrogens (tertiary/aromatic N) is 2. The first-order valence-corrected chi connectivity index (χ1v) is 7.39. The Morgan fingerprint density at radius 3 is 2.70 bits per heavy atom. The minimum Gasteiger partial charge on any atom is -0.481 e. The summed E-state index contributed by atoms with van der Waals surface area (Å²) in [4.78, 5) is 8.29. The number of hydrogen-bond acceptors (Lipinski definition) is 3. The molecule has 1 heterocycles. The van der Waals surface area contributed by atoms with E-state index in [2.05, 4.69) is 20.6 Å². The molecule has 1 aromatic heterocycles. The minimum atomic E-state index is -0.179. The standard InChI is InChI=1S/C17H21FN4O/c1-19-17(20-10-9-14-5-3-4-6-15(14)18)22-12-13-7-8-16(23-2)21-11-13/h3-8,11H,9-10,12H2,1-2H3,(H2,19,20,22). The van der Waals surface area contributed by atoms with Gasteiger partial charge in [0, 0.05) is 32.4 Å². The van der Waals surface area contributed by atoms with E-state index < -0.39 is 0 Å². The van der Waals surface area contributed by atoms with Crippen LogP contribution in [-0.4, -0.2) is 31.6 Å². The number of halogens is 1. The molecule has 2 aromatic rings. The first-order chi connectivity index (χ1) is 11.2. The van der Waals surface area contributed by atoms with Crippen LogP contribution in [0, 0.1) is 5.82 Å². The number of benzene rings is 1. The van der Waals surface area contributed by atoms with Crippen molar-refractivity contribution in [1.82, 2.24) is 15.6 Å². The molecule has 0 bridgehead atoms. The summed E-state index contributed by atoms with van der Waals surface area (Å²) in [5, 5.41) is 6.35. The third kappa shape index (κ3) is 5.25. The predicted octanol–water partition coefficient (Wildman–Crippen LogP) is 2.14. The topological polar surface area (TPSA) is 58.5 Å². The van der Waals surface area contributed by atoms with Crippen LogP contribution in [0.15, 0.2) is 47.6 Å². The fraction of sp³-hybridized carbons (Fsp3) is 0.294. The number of methoxy groups -OCH3 is 1. The van der Waals surface area contributed by atoms with E-state index in [9.17, 15) is 4.39 Å². The Bertz CT molecular complexity index is 643. The van der Waals surface area contributed by atoms with Crippen LogP contribution in [0.4, 0.5) is 4.39 Å². The van der Waals surface area contributed by atoms with Crippen molar-refractivity contribution in [1.29, 1.82) is 0 Å². The number of aliphatic imine (C=N–C) groups is 1. The minimum absolute atomic E-state index is 0.179. The molecule has 0 aliphatic rings. The van der Waals surface area contributed by atoms with Gasteiger partial charge in [0.2, 0.25) is 5.88 Å². The molecular formula is C17H21FN4O. The fourth-order valence-electron chi connectivity index (χ4n) is 2.06. The van der Waals surface area contributed by atoms with Crippen LogP contribution in [-0.2, 0) is 13.0 Å². The Morgan fingerprint density at radius 1 is 1.22 bits per heavy atom. The van der Waals surface area contributed by atoms with Crippen molar-refractivity contribution in [2.24, 2.45) is 4.99 Å². The lowest BCUT2D eigenvalue weighted by Crippen LogP contribution is -2.37. The van der Waals surface area contributed by atoms with E-state index >= 15 is 0 Å². The number of guanidine groups is 1. The lowest BCUT2D eigenvalue weighted by atomic mass is 10.1. The molecule has 6 heteroatoms. The van der Waals surface area contributed by atoms with Gasteiger partial charge in [0.25, 0.3) is 0 Å². The van der Waals surface area contributed by atoms with Crippen LogP contribution in [0.3, 0.4) is 0 Å². The largest absolute Gasteiger partial charge is 0.481 e. The molecule has 0 unspecified atom stereocenters. The van der Waals surface area contributed by atoms with E-state index in [-0.39, 0.29) is 5.82 Å². The molecule has 23 heavy (non-hydrogen) atoms. The van der Waals surface area contributed by atoms with Crippen molar-refractivity contribution in [3.8, 4) is 5.88 Å². The number of rotatable bonds is 6. The maximum absolute atomic E-state index is 13.5. The number of aromatic nitrogens is 1. The van der Waals surface area contributed by atoms with Crippen molar-refractivity contribution in [3.05, 3.63) is 59.5 Å². The maximum atomic E-state index is 13.5. The number of hydrogen-bond donors (Lipinski definition) is 2.